The molecule has 0 radical (unpaired) electrons. The molecule has 4 rings (SSSR count). The molecule has 0 aliphatic heterocycles. The number of aliphatic hydroxyl groups is 2. The van der Waals surface area contributed by atoms with Gasteiger partial charge in [0.25, 0.3) is 0 Å². The van der Waals surface area contributed by atoms with Crippen molar-refractivity contribution < 1.29 is 38.0 Å². The number of hydrogen-bond acceptors (Lipinski definition) is 5. The van der Waals surface area contributed by atoms with Crippen LogP contribution in [0.25, 0.3) is 11.1 Å². The Bertz CT molecular complexity index is 1170. The van der Waals surface area contributed by atoms with Crippen LogP contribution in [0.2, 0.25) is 0 Å². The average molecular weight is 487 g/mol. The molecule has 0 spiro atoms. The molecule has 0 heterocycles. The van der Waals surface area contributed by atoms with E-state index in [0.717, 1.165) is 34.4 Å². The summed E-state index contributed by atoms with van der Waals surface area (Å²) in [5.41, 5.74) is 2.80. The molecule has 0 saturated heterocycles. The van der Waals surface area contributed by atoms with Gasteiger partial charge in [0.2, 0.25) is 0 Å². The largest absolute Gasteiger partial charge is 0.507 e. The Labute approximate surface area is 199 Å². The Morgan fingerprint density at radius 2 is 1.57 bits per heavy atom. The minimum atomic E-state index is -4.81. The van der Waals surface area contributed by atoms with E-state index in [-0.39, 0.29) is 31.1 Å². The van der Waals surface area contributed by atoms with Gasteiger partial charge >= 0.3 is 12.3 Å². The monoisotopic (exact) mass is 487 g/mol. The molecule has 9 heteroatoms. The SMILES string of the molecule is O=C(NCCC(O)C(O)c1ccc(O)c(C(F)(F)F)c1)OCC1c2ccccc2-c2ccccc21. The highest BCUT2D eigenvalue weighted by Gasteiger charge is 2.35. The predicted molar refractivity (Wildman–Crippen MR) is 122 cm³/mol. The van der Waals surface area contributed by atoms with Gasteiger partial charge < -0.3 is 25.4 Å². The van der Waals surface area contributed by atoms with Crippen LogP contribution in [0, 0.1) is 0 Å². The van der Waals surface area contributed by atoms with Gasteiger partial charge in [0.15, 0.2) is 0 Å². The van der Waals surface area contributed by atoms with Crippen LogP contribution in [0.3, 0.4) is 0 Å². The van der Waals surface area contributed by atoms with E-state index >= 15 is 0 Å². The van der Waals surface area contributed by atoms with Crippen molar-refractivity contribution in [3.05, 3.63) is 89.0 Å². The van der Waals surface area contributed by atoms with Crippen LogP contribution in [0.5, 0.6) is 5.75 Å². The highest BCUT2D eigenvalue weighted by molar-refractivity contribution is 5.79. The lowest BCUT2D eigenvalue weighted by molar-refractivity contribution is -0.138. The number of alkyl carbamates (subject to hydrolysis) is 1. The number of rotatable bonds is 7. The number of alkyl halides is 3. The summed E-state index contributed by atoms with van der Waals surface area (Å²) >= 11 is 0. The third kappa shape index (κ3) is 5.26. The van der Waals surface area contributed by atoms with Crippen LogP contribution in [0.4, 0.5) is 18.0 Å². The maximum Gasteiger partial charge on any atom is 0.419 e. The maximum absolute atomic E-state index is 13.0. The summed E-state index contributed by atoms with van der Waals surface area (Å²) in [5.74, 6) is -1.09. The van der Waals surface area contributed by atoms with Crippen LogP contribution < -0.4 is 5.32 Å². The number of ether oxygens (including phenoxy) is 1. The lowest BCUT2D eigenvalue weighted by Gasteiger charge is -2.20. The number of fused-ring (bicyclic) bond motifs is 3. The Hall–Kier alpha value is -3.56. The average Bonchev–Trinajstić information content (AvgIpc) is 3.15. The summed E-state index contributed by atoms with van der Waals surface area (Å²) in [4.78, 5) is 12.2. The molecule has 0 bridgehead atoms. The number of hydrogen-bond donors (Lipinski definition) is 4. The van der Waals surface area contributed by atoms with Crippen molar-refractivity contribution in [2.24, 2.45) is 0 Å². The number of aliphatic hydroxyl groups excluding tert-OH is 2. The van der Waals surface area contributed by atoms with Crippen LogP contribution in [-0.4, -0.2) is 40.7 Å². The molecule has 0 aromatic heterocycles. The molecule has 2 unspecified atom stereocenters. The fourth-order valence-electron chi connectivity index (χ4n) is 4.32. The molecule has 1 amide bonds. The van der Waals surface area contributed by atoms with E-state index in [1.165, 1.54) is 0 Å². The third-order valence-electron chi connectivity index (χ3n) is 6.09. The summed E-state index contributed by atoms with van der Waals surface area (Å²) in [6.45, 7) is 0.0396. The summed E-state index contributed by atoms with van der Waals surface area (Å²) < 4.78 is 44.3. The van der Waals surface area contributed by atoms with E-state index in [2.05, 4.69) is 5.32 Å². The van der Waals surface area contributed by atoms with Crippen molar-refractivity contribution in [1.29, 1.82) is 0 Å². The lowest BCUT2D eigenvalue weighted by Crippen LogP contribution is -2.30. The first-order chi connectivity index (χ1) is 16.7. The van der Waals surface area contributed by atoms with E-state index in [9.17, 15) is 33.3 Å². The molecule has 1 aliphatic rings. The second kappa shape index (κ2) is 9.97. The molecule has 184 valence electrons. The summed E-state index contributed by atoms with van der Waals surface area (Å²) in [6.07, 6.45) is -8.74. The van der Waals surface area contributed by atoms with E-state index in [4.69, 9.17) is 4.74 Å². The van der Waals surface area contributed by atoms with Crippen molar-refractivity contribution in [3.63, 3.8) is 0 Å². The maximum atomic E-state index is 13.0. The van der Waals surface area contributed by atoms with Gasteiger partial charge in [-0.15, -0.1) is 0 Å². The van der Waals surface area contributed by atoms with E-state index < -0.39 is 35.8 Å². The quantitative estimate of drug-likeness (QED) is 0.386. The van der Waals surface area contributed by atoms with Crippen LogP contribution in [0.15, 0.2) is 66.7 Å². The smallest absolute Gasteiger partial charge is 0.419 e. The van der Waals surface area contributed by atoms with Crippen molar-refractivity contribution in [2.75, 3.05) is 13.2 Å². The Balaban J connectivity index is 1.29. The number of phenols is 1. The van der Waals surface area contributed by atoms with Gasteiger partial charge in [-0.1, -0.05) is 54.6 Å². The van der Waals surface area contributed by atoms with Crippen molar-refractivity contribution in [3.8, 4) is 16.9 Å². The van der Waals surface area contributed by atoms with E-state index in [0.29, 0.717) is 6.07 Å². The standard InChI is InChI=1S/C26H24F3NO5/c27-26(28,29)21-13-15(9-10-22(21)31)24(33)23(32)11-12-30-25(34)35-14-20-18-7-3-1-5-16(18)17-6-2-4-8-19(17)20/h1-10,13,20,23-24,31-33H,11-12,14H2,(H,30,34). The third-order valence-corrected chi connectivity index (χ3v) is 6.09. The van der Waals surface area contributed by atoms with Gasteiger partial charge in [-0.05, 0) is 46.4 Å². The highest BCUT2D eigenvalue weighted by atomic mass is 19.4. The van der Waals surface area contributed by atoms with Gasteiger partial charge in [0.1, 0.15) is 18.5 Å². The molecule has 0 saturated carbocycles. The van der Waals surface area contributed by atoms with Crippen LogP contribution >= 0.6 is 0 Å². The second-order valence-corrected chi connectivity index (χ2v) is 8.33. The Morgan fingerprint density at radius 3 is 2.17 bits per heavy atom. The number of carbonyl (C=O) groups excluding carboxylic acids is 1. The summed E-state index contributed by atoms with van der Waals surface area (Å²) in [6, 6.07) is 18.3. The number of benzene rings is 3. The molecule has 4 N–H and O–H groups in total. The van der Waals surface area contributed by atoms with Crippen molar-refractivity contribution in [1.82, 2.24) is 5.32 Å². The zero-order valence-electron chi connectivity index (χ0n) is 18.5. The molecule has 1 aliphatic carbocycles. The molecular formula is C26H24F3NO5. The lowest BCUT2D eigenvalue weighted by atomic mass is 9.98. The molecular weight excluding hydrogens is 463 g/mol. The van der Waals surface area contributed by atoms with Gasteiger partial charge in [-0.3, -0.25) is 0 Å². The minimum Gasteiger partial charge on any atom is -0.507 e. The van der Waals surface area contributed by atoms with Crippen molar-refractivity contribution >= 4 is 6.09 Å². The minimum absolute atomic E-state index is 0.0703. The Kier molecular flexibility index (Phi) is 7.00. The number of aromatic hydroxyl groups is 1. The fourth-order valence-corrected chi connectivity index (χ4v) is 4.32. The zero-order valence-corrected chi connectivity index (χ0v) is 18.5. The van der Waals surface area contributed by atoms with Gasteiger partial charge in [-0.2, -0.15) is 13.2 Å². The predicted octanol–water partition coefficient (Wildman–Crippen LogP) is 4.73. The molecule has 0 fully saturated rings. The molecule has 3 aromatic rings. The number of halogens is 3. The number of carbonyl (C=O) groups is 1. The topological polar surface area (TPSA) is 99.0 Å². The Morgan fingerprint density at radius 1 is 0.971 bits per heavy atom. The number of amides is 1. The molecule has 6 nitrogen and oxygen atoms in total. The number of nitrogens with one attached hydrogen (secondary N) is 1. The van der Waals surface area contributed by atoms with E-state index in [1.807, 2.05) is 48.5 Å². The zero-order chi connectivity index (χ0) is 25.2. The first-order valence-electron chi connectivity index (χ1n) is 11.0. The van der Waals surface area contributed by atoms with Crippen molar-refractivity contribution in [2.45, 2.75) is 30.7 Å². The van der Waals surface area contributed by atoms with Crippen LogP contribution in [-0.2, 0) is 10.9 Å². The second-order valence-electron chi connectivity index (χ2n) is 8.33. The van der Waals surface area contributed by atoms with Crippen LogP contribution in [0.1, 0.15) is 40.7 Å². The molecule has 3 aromatic carbocycles. The van der Waals surface area contributed by atoms with Gasteiger partial charge in [0, 0.05) is 12.5 Å². The first kappa shape index (κ1) is 24.6. The van der Waals surface area contributed by atoms with Gasteiger partial charge in [-0.25, -0.2) is 4.79 Å². The highest BCUT2D eigenvalue weighted by Crippen LogP contribution is 2.44. The normalized spacial score (nSPS) is 14.7. The fraction of sp³-hybridized carbons (Fsp3) is 0.269. The number of phenolic OH excluding ortho intramolecular Hbond substituents is 1. The first-order valence-corrected chi connectivity index (χ1v) is 11.0. The van der Waals surface area contributed by atoms with Gasteiger partial charge in [0.05, 0.1) is 11.7 Å². The van der Waals surface area contributed by atoms with E-state index in [1.54, 1.807) is 0 Å². The molecule has 2 atom stereocenters. The summed E-state index contributed by atoms with van der Waals surface area (Å²) in [7, 11) is 0. The molecule has 35 heavy (non-hydrogen) atoms. The summed E-state index contributed by atoms with van der Waals surface area (Å²) in [5, 5.41) is 32.3.